The van der Waals surface area contributed by atoms with E-state index in [9.17, 15) is 9.59 Å². The summed E-state index contributed by atoms with van der Waals surface area (Å²) in [4.78, 5) is 35.8. The molecule has 8 heteroatoms. The highest BCUT2D eigenvalue weighted by Gasteiger charge is 2.21. The summed E-state index contributed by atoms with van der Waals surface area (Å²) in [5.41, 5.74) is 0.604. The standard InChI is InChI=1S/C15H17N5O3/c1-18-7-8-19(9-11-3-2-4-16-13(11)18)14-15(23)20(6-5-17-14)10-12(21)22/h2-6H,7-10H2,1H3,(H,21,22). The fourth-order valence-electron chi connectivity index (χ4n) is 2.66. The van der Waals surface area contributed by atoms with Gasteiger partial charge >= 0.3 is 5.97 Å². The number of nitrogens with zero attached hydrogens (tertiary/aromatic N) is 5. The number of aliphatic carboxylic acids is 1. The van der Waals surface area contributed by atoms with Crippen molar-refractivity contribution in [1.82, 2.24) is 14.5 Å². The van der Waals surface area contributed by atoms with Crippen LogP contribution in [0, 0.1) is 0 Å². The Morgan fingerprint density at radius 1 is 1.26 bits per heavy atom. The molecule has 0 aromatic carbocycles. The zero-order chi connectivity index (χ0) is 16.4. The van der Waals surface area contributed by atoms with Crippen molar-refractivity contribution in [2.75, 3.05) is 29.9 Å². The topological polar surface area (TPSA) is 91.6 Å². The van der Waals surface area contributed by atoms with E-state index in [4.69, 9.17) is 5.11 Å². The van der Waals surface area contributed by atoms with E-state index in [0.29, 0.717) is 19.6 Å². The highest BCUT2D eigenvalue weighted by molar-refractivity contribution is 5.66. The van der Waals surface area contributed by atoms with Crippen molar-refractivity contribution < 1.29 is 9.90 Å². The van der Waals surface area contributed by atoms with E-state index in [2.05, 4.69) is 9.97 Å². The summed E-state index contributed by atoms with van der Waals surface area (Å²) in [6.07, 6.45) is 4.59. The van der Waals surface area contributed by atoms with Gasteiger partial charge in [-0.25, -0.2) is 9.97 Å². The van der Waals surface area contributed by atoms with Gasteiger partial charge in [-0.2, -0.15) is 0 Å². The number of hydrogen-bond acceptors (Lipinski definition) is 6. The van der Waals surface area contributed by atoms with E-state index >= 15 is 0 Å². The van der Waals surface area contributed by atoms with Gasteiger partial charge in [0.05, 0.1) is 0 Å². The van der Waals surface area contributed by atoms with Crippen LogP contribution in [0.5, 0.6) is 0 Å². The Kier molecular flexibility index (Phi) is 3.96. The van der Waals surface area contributed by atoms with Crippen molar-refractivity contribution in [3.63, 3.8) is 0 Å². The van der Waals surface area contributed by atoms with Crippen LogP contribution in [0.25, 0.3) is 0 Å². The molecule has 8 nitrogen and oxygen atoms in total. The van der Waals surface area contributed by atoms with Gasteiger partial charge in [0, 0.05) is 50.8 Å². The Morgan fingerprint density at radius 3 is 2.83 bits per heavy atom. The van der Waals surface area contributed by atoms with Gasteiger partial charge in [0.15, 0.2) is 5.82 Å². The highest BCUT2D eigenvalue weighted by Crippen LogP contribution is 2.22. The lowest BCUT2D eigenvalue weighted by Crippen LogP contribution is -2.36. The average Bonchev–Trinajstić information content (AvgIpc) is 2.69. The summed E-state index contributed by atoms with van der Waals surface area (Å²) < 4.78 is 1.16. The van der Waals surface area contributed by atoms with Crippen LogP contribution < -0.4 is 15.4 Å². The third-order valence-corrected chi connectivity index (χ3v) is 3.80. The molecule has 1 N–H and O–H groups in total. The van der Waals surface area contributed by atoms with Gasteiger partial charge in [-0.1, -0.05) is 6.07 Å². The Labute approximate surface area is 132 Å². The summed E-state index contributed by atoms with van der Waals surface area (Å²) in [7, 11) is 1.95. The molecule has 0 radical (unpaired) electrons. The molecule has 0 amide bonds. The van der Waals surface area contributed by atoms with E-state index in [-0.39, 0.29) is 12.4 Å². The average molecular weight is 315 g/mol. The normalized spacial score (nSPS) is 14.3. The van der Waals surface area contributed by atoms with Crippen molar-refractivity contribution >= 4 is 17.6 Å². The molecule has 1 aliphatic rings. The summed E-state index contributed by atoms with van der Waals surface area (Å²) in [5, 5.41) is 8.89. The number of rotatable bonds is 3. The van der Waals surface area contributed by atoms with Gasteiger partial charge in [-0.15, -0.1) is 0 Å². The van der Waals surface area contributed by atoms with Gasteiger partial charge in [0.25, 0.3) is 5.56 Å². The first-order valence-corrected chi connectivity index (χ1v) is 7.23. The van der Waals surface area contributed by atoms with Gasteiger partial charge < -0.3 is 14.9 Å². The van der Waals surface area contributed by atoms with Gasteiger partial charge in [0.1, 0.15) is 12.4 Å². The molecule has 0 atom stereocenters. The molecule has 0 saturated heterocycles. The third-order valence-electron chi connectivity index (χ3n) is 3.80. The molecule has 0 aliphatic carbocycles. The summed E-state index contributed by atoms with van der Waals surface area (Å²) in [6, 6.07) is 3.83. The van der Waals surface area contributed by atoms with E-state index in [0.717, 1.165) is 15.9 Å². The summed E-state index contributed by atoms with van der Waals surface area (Å²) >= 11 is 0. The first kappa shape index (κ1) is 15.0. The lowest BCUT2D eigenvalue weighted by atomic mass is 10.2. The van der Waals surface area contributed by atoms with E-state index in [1.54, 1.807) is 6.20 Å². The van der Waals surface area contributed by atoms with Crippen LogP contribution in [-0.2, 0) is 17.9 Å². The Balaban J connectivity index is 1.97. The minimum atomic E-state index is -1.06. The van der Waals surface area contributed by atoms with Crippen LogP contribution >= 0.6 is 0 Å². The first-order chi connectivity index (χ1) is 11.1. The van der Waals surface area contributed by atoms with Crippen molar-refractivity contribution in [3.05, 3.63) is 46.6 Å². The monoisotopic (exact) mass is 315 g/mol. The van der Waals surface area contributed by atoms with Crippen LogP contribution in [0.15, 0.2) is 35.5 Å². The maximum Gasteiger partial charge on any atom is 0.323 e. The number of carbonyl (C=O) groups is 1. The van der Waals surface area contributed by atoms with Gasteiger partial charge in [-0.05, 0) is 6.07 Å². The molecule has 1 aliphatic heterocycles. The molecule has 23 heavy (non-hydrogen) atoms. The zero-order valence-electron chi connectivity index (χ0n) is 12.7. The van der Waals surface area contributed by atoms with Crippen LogP contribution in [0.4, 0.5) is 11.6 Å². The lowest BCUT2D eigenvalue weighted by Gasteiger charge is -2.21. The number of anilines is 2. The third kappa shape index (κ3) is 3.01. The fourth-order valence-corrected chi connectivity index (χ4v) is 2.66. The minimum absolute atomic E-state index is 0.263. The van der Waals surface area contributed by atoms with Crippen LogP contribution in [0.3, 0.4) is 0 Å². The summed E-state index contributed by atoms with van der Waals surface area (Å²) in [5.74, 6) is 0.0880. The van der Waals surface area contributed by atoms with Crippen molar-refractivity contribution in [3.8, 4) is 0 Å². The quantitative estimate of drug-likeness (QED) is 0.864. The second-order valence-corrected chi connectivity index (χ2v) is 5.41. The van der Waals surface area contributed by atoms with E-state index in [1.807, 2.05) is 29.0 Å². The number of likely N-dealkylation sites (N-methyl/N-ethyl adjacent to an activating group) is 1. The second kappa shape index (κ2) is 6.07. The molecule has 2 aromatic rings. The van der Waals surface area contributed by atoms with Crippen molar-refractivity contribution in [1.29, 1.82) is 0 Å². The largest absolute Gasteiger partial charge is 0.480 e. The molecular formula is C15H17N5O3. The molecule has 120 valence electrons. The predicted molar refractivity (Wildman–Crippen MR) is 84.7 cm³/mol. The molecular weight excluding hydrogens is 298 g/mol. The molecule has 0 bridgehead atoms. The second-order valence-electron chi connectivity index (χ2n) is 5.41. The number of fused-ring (bicyclic) bond motifs is 1. The summed E-state index contributed by atoms with van der Waals surface area (Å²) in [6.45, 7) is 1.43. The molecule has 2 aromatic heterocycles. The van der Waals surface area contributed by atoms with E-state index in [1.165, 1.54) is 12.4 Å². The Morgan fingerprint density at radius 2 is 2.04 bits per heavy atom. The predicted octanol–water partition coefficient (Wildman–Crippen LogP) is 0.179. The van der Waals surface area contributed by atoms with Crippen molar-refractivity contribution in [2.24, 2.45) is 0 Å². The molecule has 0 spiro atoms. The molecule has 0 saturated carbocycles. The first-order valence-electron chi connectivity index (χ1n) is 7.23. The minimum Gasteiger partial charge on any atom is -0.480 e. The molecule has 3 heterocycles. The van der Waals surface area contributed by atoms with E-state index < -0.39 is 11.5 Å². The highest BCUT2D eigenvalue weighted by atomic mass is 16.4. The van der Waals surface area contributed by atoms with Gasteiger partial charge in [-0.3, -0.25) is 14.2 Å². The molecule has 0 unspecified atom stereocenters. The smallest absolute Gasteiger partial charge is 0.323 e. The van der Waals surface area contributed by atoms with Crippen LogP contribution in [0.1, 0.15) is 5.56 Å². The molecule has 0 fully saturated rings. The maximum absolute atomic E-state index is 12.5. The van der Waals surface area contributed by atoms with Crippen molar-refractivity contribution in [2.45, 2.75) is 13.1 Å². The number of carboxylic acids is 1. The lowest BCUT2D eigenvalue weighted by molar-refractivity contribution is -0.137. The number of carboxylic acid groups (broad SMARTS) is 1. The SMILES string of the molecule is CN1CCN(c2nccn(CC(=O)O)c2=O)Cc2cccnc21. The maximum atomic E-state index is 12.5. The number of pyridine rings is 1. The Hall–Kier alpha value is -2.90. The molecule has 3 rings (SSSR count). The zero-order valence-corrected chi connectivity index (χ0v) is 12.7. The number of hydrogen-bond donors (Lipinski definition) is 1. The fraction of sp³-hybridized carbons (Fsp3) is 0.333. The van der Waals surface area contributed by atoms with Crippen LogP contribution in [-0.4, -0.2) is 45.7 Å². The van der Waals surface area contributed by atoms with Crippen LogP contribution in [0.2, 0.25) is 0 Å². The Bertz CT molecular complexity index is 789. The van der Waals surface area contributed by atoms with Gasteiger partial charge in [0.2, 0.25) is 0 Å². The number of aromatic nitrogens is 3.